The van der Waals surface area contributed by atoms with Crippen LogP contribution in [0.2, 0.25) is 5.02 Å². The van der Waals surface area contributed by atoms with Gasteiger partial charge in [-0.25, -0.2) is 0 Å². The van der Waals surface area contributed by atoms with Crippen molar-refractivity contribution in [3.05, 3.63) is 95.0 Å². The van der Waals surface area contributed by atoms with Crippen molar-refractivity contribution >= 4 is 40.9 Å². The fraction of sp³-hybridized carbons (Fsp3) is 0.0435. The van der Waals surface area contributed by atoms with Gasteiger partial charge in [0, 0.05) is 22.3 Å². The van der Waals surface area contributed by atoms with E-state index in [1.54, 1.807) is 55.7 Å². The molecule has 0 aromatic heterocycles. The number of hydrogen-bond donors (Lipinski definition) is 2. The molecule has 2 amide bonds. The minimum Gasteiger partial charge on any atom is -0.495 e. The number of halogens is 1. The Labute approximate surface area is 174 Å². The number of methoxy groups -OCH3 is 1. The highest BCUT2D eigenvalue weighted by Gasteiger charge is 2.09. The zero-order valence-corrected chi connectivity index (χ0v) is 16.4. The summed E-state index contributed by atoms with van der Waals surface area (Å²) in [6.07, 6.45) is 3.05. The molecule has 0 bridgehead atoms. The van der Waals surface area contributed by atoms with Crippen molar-refractivity contribution in [2.24, 2.45) is 0 Å². The molecular weight excluding hydrogens is 388 g/mol. The second-order valence-electron chi connectivity index (χ2n) is 6.08. The van der Waals surface area contributed by atoms with E-state index in [0.717, 1.165) is 5.56 Å². The Morgan fingerprint density at radius 2 is 1.59 bits per heavy atom. The molecule has 5 nitrogen and oxygen atoms in total. The third kappa shape index (κ3) is 5.46. The predicted octanol–water partition coefficient (Wildman–Crippen LogP) is 5.25. The van der Waals surface area contributed by atoms with Crippen LogP contribution < -0.4 is 15.4 Å². The molecule has 0 spiro atoms. The average Bonchev–Trinajstić information content (AvgIpc) is 2.74. The zero-order chi connectivity index (χ0) is 20.6. The number of amides is 2. The van der Waals surface area contributed by atoms with Crippen molar-refractivity contribution < 1.29 is 14.3 Å². The van der Waals surface area contributed by atoms with Gasteiger partial charge in [-0.1, -0.05) is 41.9 Å². The van der Waals surface area contributed by atoms with E-state index in [1.807, 2.05) is 30.3 Å². The van der Waals surface area contributed by atoms with E-state index in [9.17, 15) is 9.59 Å². The SMILES string of the molecule is COc1ccccc1NC(=O)c1ccc(NC(=O)/C=C/c2ccccc2Cl)cc1. The number of carbonyl (C=O) groups excluding carboxylic acids is 2. The Kier molecular flexibility index (Phi) is 6.66. The number of carbonyl (C=O) groups is 2. The zero-order valence-electron chi connectivity index (χ0n) is 15.7. The third-order valence-electron chi connectivity index (χ3n) is 4.09. The second-order valence-corrected chi connectivity index (χ2v) is 6.48. The first-order chi connectivity index (χ1) is 14.1. The van der Waals surface area contributed by atoms with Gasteiger partial charge in [-0.05, 0) is 54.1 Å². The fourth-order valence-corrected chi connectivity index (χ4v) is 2.81. The van der Waals surface area contributed by atoms with Crippen LogP contribution in [0.4, 0.5) is 11.4 Å². The minimum absolute atomic E-state index is 0.272. The molecule has 0 aliphatic rings. The fourth-order valence-electron chi connectivity index (χ4n) is 2.61. The van der Waals surface area contributed by atoms with E-state index in [2.05, 4.69) is 10.6 Å². The first-order valence-corrected chi connectivity index (χ1v) is 9.22. The molecule has 0 aliphatic carbocycles. The van der Waals surface area contributed by atoms with E-state index >= 15 is 0 Å². The van der Waals surface area contributed by atoms with Crippen LogP contribution in [0.1, 0.15) is 15.9 Å². The van der Waals surface area contributed by atoms with Gasteiger partial charge < -0.3 is 15.4 Å². The van der Waals surface area contributed by atoms with Crippen molar-refractivity contribution in [3.63, 3.8) is 0 Å². The van der Waals surface area contributed by atoms with Crippen molar-refractivity contribution in [2.45, 2.75) is 0 Å². The molecule has 29 heavy (non-hydrogen) atoms. The molecule has 3 rings (SSSR count). The molecule has 6 heteroatoms. The molecule has 3 aromatic rings. The van der Waals surface area contributed by atoms with Crippen LogP contribution in [0.5, 0.6) is 5.75 Å². The number of para-hydroxylation sites is 2. The van der Waals surface area contributed by atoms with Gasteiger partial charge in [0.25, 0.3) is 5.91 Å². The number of ether oxygens (including phenoxy) is 1. The predicted molar refractivity (Wildman–Crippen MR) is 117 cm³/mol. The van der Waals surface area contributed by atoms with Crippen LogP contribution in [0, 0.1) is 0 Å². The lowest BCUT2D eigenvalue weighted by Gasteiger charge is -2.10. The van der Waals surface area contributed by atoms with E-state index in [0.29, 0.717) is 27.7 Å². The Morgan fingerprint density at radius 3 is 2.31 bits per heavy atom. The number of benzene rings is 3. The van der Waals surface area contributed by atoms with Gasteiger partial charge >= 0.3 is 0 Å². The summed E-state index contributed by atoms with van der Waals surface area (Å²) in [4.78, 5) is 24.5. The minimum atomic E-state index is -0.295. The Hall–Kier alpha value is -3.57. The van der Waals surface area contributed by atoms with Crippen LogP contribution in [-0.2, 0) is 4.79 Å². The van der Waals surface area contributed by atoms with Gasteiger partial charge in [0.1, 0.15) is 5.75 Å². The molecule has 2 N–H and O–H groups in total. The average molecular weight is 407 g/mol. The van der Waals surface area contributed by atoms with Crippen molar-refractivity contribution in [2.75, 3.05) is 17.7 Å². The van der Waals surface area contributed by atoms with E-state index in [-0.39, 0.29) is 11.8 Å². The summed E-state index contributed by atoms with van der Waals surface area (Å²) in [6, 6.07) is 21.0. The Bertz CT molecular complexity index is 1050. The van der Waals surface area contributed by atoms with Gasteiger partial charge in [-0.15, -0.1) is 0 Å². The smallest absolute Gasteiger partial charge is 0.255 e. The standard InChI is InChI=1S/C23H19ClN2O3/c1-29-21-9-5-4-8-20(21)26-23(28)17-10-13-18(14-11-17)25-22(27)15-12-16-6-2-3-7-19(16)24/h2-15H,1H3,(H,25,27)(H,26,28)/b15-12+. The van der Waals surface area contributed by atoms with Gasteiger partial charge in [0.05, 0.1) is 12.8 Å². The molecule has 0 atom stereocenters. The monoisotopic (exact) mass is 406 g/mol. The van der Waals surface area contributed by atoms with Crippen LogP contribution >= 0.6 is 11.6 Å². The van der Waals surface area contributed by atoms with Crippen LogP contribution in [0.15, 0.2) is 78.9 Å². The topological polar surface area (TPSA) is 67.4 Å². The van der Waals surface area contributed by atoms with Crippen LogP contribution in [0.25, 0.3) is 6.08 Å². The molecule has 0 saturated carbocycles. The third-order valence-corrected chi connectivity index (χ3v) is 4.43. The van der Waals surface area contributed by atoms with Gasteiger partial charge in [0.2, 0.25) is 5.91 Å². The number of anilines is 2. The summed E-state index contributed by atoms with van der Waals surface area (Å²) in [5.41, 5.74) is 2.38. The summed E-state index contributed by atoms with van der Waals surface area (Å²) >= 11 is 6.06. The highest BCUT2D eigenvalue weighted by atomic mass is 35.5. The summed E-state index contributed by atoms with van der Waals surface area (Å²) in [5.74, 6) is 0.0113. The maximum atomic E-state index is 12.4. The lowest BCUT2D eigenvalue weighted by atomic mass is 10.1. The van der Waals surface area contributed by atoms with Crippen molar-refractivity contribution in [3.8, 4) is 5.75 Å². The van der Waals surface area contributed by atoms with E-state index in [4.69, 9.17) is 16.3 Å². The molecule has 3 aromatic carbocycles. The molecule has 0 fully saturated rings. The molecule has 0 radical (unpaired) electrons. The number of nitrogens with one attached hydrogen (secondary N) is 2. The summed E-state index contributed by atoms with van der Waals surface area (Å²) in [7, 11) is 1.54. The molecule has 0 aliphatic heterocycles. The van der Waals surface area contributed by atoms with E-state index < -0.39 is 0 Å². The normalized spacial score (nSPS) is 10.6. The molecule has 0 saturated heterocycles. The number of hydrogen-bond acceptors (Lipinski definition) is 3. The summed E-state index contributed by atoms with van der Waals surface area (Å²) in [6.45, 7) is 0. The maximum Gasteiger partial charge on any atom is 0.255 e. The number of rotatable bonds is 6. The maximum absolute atomic E-state index is 12.4. The van der Waals surface area contributed by atoms with Crippen LogP contribution in [-0.4, -0.2) is 18.9 Å². The highest BCUT2D eigenvalue weighted by Crippen LogP contribution is 2.24. The van der Waals surface area contributed by atoms with Gasteiger partial charge in [0.15, 0.2) is 0 Å². The highest BCUT2D eigenvalue weighted by molar-refractivity contribution is 6.32. The molecular formula is C23H19ClN2O3. The second kappa shape index (κ2) is 9.57. The molecule has 0 unspecified atom stereocenters. The van der Waals surface area contributed by atoms with Gasteiger partial charge in [-0.3, -0.25) is 9.59 Å². The largest absolute Gasteiger partial charge is 0.495 e. The molecule has 146 valence electrons. The molecule has 0 heterocycles. The lowest BCUT2D eigenvalue weighted by molar-refractivity contribution is -0.111. The summed E-state index contributed by atoms with van der Waals surface area (Å²) < 4.78 is 5.23. The quantitative estimate of drug-likeness (QED) is 0.549. The van der Waals surface area contributed by atoms with Gasteiger partial charge in [-0.2, -0.15) is 0 Å². The van der Waals surface area contributed by atoms with Crippen LogP contribution in [0.3, 0.4) is 0 Å². The Balaban J connectivity index is 1.61. The van der Waals surface area contributed by atoms with Crippen molar-refractivity contribution in [1.29, 1.82) is 0 Å². The van der Waals surface area contributed by atoms with Crippen molar-refractivity contribution in [1.82, 2.24) is 0 Å². The Morgan fingerprint density at radius 1 is 0.897 bits per heavy atom. The van der Waals surface area contributed by atoms with E-state index in [1.165, 1.54) is 6.08 Å². The summed E-state index contributed by atoms with van der Waals surface area (Å²) in [5, 5.41) is 6.12. The first kappa shape index (κ1) is 20.2. The first-order valence-electron chi connectivity index (χ1n) is 8.85. The lowest BCUT2D eigenvalue weighted by Crippen LogP contribution is -2.13.